The molecule has 0 bridgehead atoms. The second kappa shape index (κ2) is 9.29. The van der Waals surface area contributed by atoms with Crippen LogP contribution in [0.1, 0.15) is 27.0 Å². The normalized spacial score (nSPS) is 11.5. The van der Waals surface area contributed by atoms with E-state index in [1.54, 1.807) is 35.7 Å². The molecule has 5 nitrogen and oxygen atoms in total. The Labute approximate surface area is 195 Å². The highest BCUT2D eigenvalue weighted by Gasteiger charge is 2.30. The van der Waals surface area contributed by atoms with Crippen LogP contribution in [0, 0.1) is 0 Å². The van der Waals surface area contributed by atoms with Crippen LogP contribution in [0.2, 0.25) is 5.15 Å². The molecule has 1 N–H and O–H groups in total. The van der Waals surface area contributed by atoms with E-state index in [2.05, 4.69) is 4.98 Å². The lowest BCUT2D eigenvalue weighted by atomic mass is 10.1. The number of thiophene rings is 1. The summed E-state index contributed by atoms with van der Waals surface area (Å²) in [7, 11) is 0. The number of aromatic nitrogens is 1. The SMILES string of the molecule is O=C(O)c1cnc(Cl)c2c(COc3cccc(OCc4cccc(C(F)(F)F)c4)c3)csc12. The van der Waals surface area contributed by atoms with Crippen LogP contribution in [0.5, 0.6) is 11.5 Å². The lowest BCUT2D eigenvalue weighted by Crippen LogP contribution is -2.06. The molecule has 10 heteroatoms. The quantitative estimate of drug-likeness (QED) is 0.286. The van der Waals surface area contributed by atoms with Gasteiger partial charge in [-0.1, -0.05) is 29.8 Å². The molecule has 0 spiro atoms. The maximum Gasteiger partial charge on any atom is 0.416 e. The third-order valence-corrected chi connectivity index (χ3v) is 6.06. The van der Waals surface area contributed by atoms with E-state index >= 15 is 0 Å². The summed E-state index contributed by atoms with van der Waals surface area (Å²) in [5.74, 6) is -0.202. The minimum absolute atomic E-state index is 0.0399. The Morgan fingerprint density at radius 2 is 1.76 bits per heavy atom. The molecule has 170 valence electrons. The van der Waals surface area contributed by atoms with Gasteiger partial charge < -0.3 is 14.6 Å². The first-order valence-electron chi connectivity index (χ1n) is 9.52. The third-order valence-electron chi connectivity index (χ3n) is 4.72. The molecule has 2 aromatic carbocycles. The smallest absolute Gasteiger partial charge is 0.416 e. The fourth-order valence-electron chi connectivity index (χ4n) is 3.14. The molecule has 0 unspecified atom stereocenters. The minimum atomic E-state index is -4.42. The van der Waals surface area contributed by atoms with Gasteiger partial charge in [0.25, 0.3) is 0 Å². The maximum absolute atomic E-state index is 12.9. The molecule has 0 radical (unpaired) electrons. The molecular weight excluding hydrogens is 479 g/mol. The van der Waals surface area contributed by atoms with Crippen LogP contribution < -0.4 is 9.47 Å². The van der Waals surface area contributed by atoms with Crippen LogP contribution in [0.3, 0.4) is 0 Å². The van der Waals surface area contributed by atoms with E-state index in [0.717, 1.165) is 12.1 Å². The fraction of sp³-hybridized carbons (Fsp3) is 0.130. The van der Waals surface area contributed by atoms with Gasteiger partial charge in [0.2, 0.25) is 0 Å². The van der Waals surface area contributed by atoms with E-state index in [-0.39, 0.29) is 23.9 Å². The number of hydrogen-bond acceptors (Lipinski definition) is 5. The maximum atomic E-state index is 12.9. The van der Waals surface area contributed by atoms with Crippen LogP contribution in [-0.4, -0.2) is 16.1 Å². The van der Waals surface area contributed by atoms with Gasteiger partial charge in [-0.25, -0.2) is 9.78 Å². The Balaban J connectivity index is 1.45. The van der Waals surface area contributed by atoms with Gasteiger partial charge in [-0.05, 0) is 35.2 Å². The first kappa shape index (κ1) is 22.9. The Bertz CT molecular complexity index is 1320. The van der Waals surface area contributed by atoms with Crippen molar-refractivity contribution in [2.45, 2.75) is 19.4 Å². The monoisotopic (exact) mass is 493 g/mol. The van der Waals surface area contributed by atoms with Crippen LogP contribution in [0.15, 0.2) is 60.1 Å². The molecule has 0 aliphatic rings. The lowest BCUT2D eigenvalue weighted by molar-refractivity contribution is -0.137. The number of pyridine rings is 1. The van der Waals surface area contributed by atoms with Crippen molar-refractivity contribution >= 4 is 39.0 Å². The first-order valence-corrected chi connectivity index (χ1v) is 10.8. The summed E-state index contributed by atoms with van der Waals surface area (Å²) >= 11 is 7.42. The molecular formula is C23H15ClF3NO4S. The van der Waals surface area contributed by atoms with E-state index in [9.17, 15) is 23.1 Å². The topological polar surface area (TPSA) is 68.7 Å². The average Bonchev–Trinajstić information content (AvgIpc) is 3.21. The number of nitrogens with zero attached hydrogens (tertiary/aromatic N) is 1. The van der Waals surface area contributed by atoms with Gasteiger partial charge in [-0.3, -0.25) is 0 Å². The Kier molecular flexibility index (Phi) is 6.44. The van der Waals surface area contributed by atoms with Crippen LogP contribution >= 0.6 is 22.9 Å². The molecule has 2 heterocycles. The van der Waals surface area contributed by atoms with E-state index in [1.807, 2.05) is 0 Å². The van der Waals surface area contributed by atoms with Gasteiger partial charge in [0.15, 0.2) is 0 Å². The molecule has 0 aliphatic heterocycles. The number of ether oxygens (including phenoxy) is 2. The number of fused-ring (bicyclic) bond motifs is 1. The molecule has 0 fully saturated rings. The highest BCUT2D eigenvalue weighted by atomic mass is 35.5. The fourth-order valence-corrected chi connectivity index (χ4v) is 4.52. The summed E-state index contributed by atoms with van der Waals surface area (Å²) in [6.07, 6.45) is -3.20. The van der Waals surface area contributed by atoms with Gasteiger partial charge in [0.05, 0.1) is 15.8 Å². The zero-order chi connectivity index (χ0) is 23.6. The highest BCUT2D eigenvalue weighted by Crippen LogP contribution is 2.34. The van der Waals surface area contributed by atoms with Crippen molar-refractivity contribution in [3.8, 4) is 11.5 Å². The number of carboxylic acid groups (broad SMARTS) is 1. The van der Waals surface area contributed by atoms with Crippen molar-refractivity contribution in [2.75, 3.05) is 0 Å². The van der Waals surface area contributed by atoms with Crippen molar-refractivity contribution in [2.24, 2.45) is 0 Å². The largest absolute Gasteiger partial charge is 0.489 e. The van der Waals surface area contributed by atoms with Gasteiger partial charge in [-0.2, -0.15) is 13.2 Å². The van der Waals surface area contributed by atoms with Crippen LogP contribution in [0.4, 0.5) is 13.2 Å². The summed E-state index contributed by atoms with van der Waals surface area (Å²) in [6, 6.07) is 11.6. The molecule has 0 aliphatic carbocycles. The summed E-state index contributed by atoms with van der Waals surface area (Å²) in [4.78, 5) is 15.4. The van der Waals surface area contributed by atoms with E-state index < -0.39 is 17.7 Å². The standard InChI is InChI=1S/C23H15ClF3NO4S/c24-21-19-14(12-33-20(19)18(9-28-21)22(29)30)11-32-17-6-2-5-16(8-17)31-10-13-3-1-4-15(7-13)23(25,26)27/h1-9,12H,10-11H2,(H,29,30). The second-order valence-electron chi connectivity index (χ2n) is 6.98. The number of alkyl halides is 3. The zero-order valence-electron chi connectivity index (χ0n) is 16.7. The summed E-state index contributed by atoms with van der Waals surface area (Å²) < 4.78 is 50.6. The van der Waals surface area contributed by atoms with E-state index in [4.69, 9.17) is 21.1 Å². The molecule has 0 saturated carbocycles. The highest BCUT2D eigenvalue weighted by molar-refractivity contribution is 7.17. The molecule has 0 amide bonds. The van der Waals surface area contributed by atoms with Crippen molar-refractivity contribution in [3.05, 3.63) is 87.5 Å². The molecule has 33 heavy (non-hydrogen) atoms. The van der Waals surface area contributed by atoms with Gasteiger partial charge in [0.1, 0.15) is 29.9 Å². The second-order valence-corrected chi connectivity index (χ2v) is 8.22. The predicted molar refractivity (Wildman–Crippen MR) is 118 cm³/mol. The lowest BCUT2D eigenvalue weighted by Gasteiger charge is -2.11. The molecule has 2 aromatic heterocycles. The Hall–Kier alpha value is -3.30. The number of hydrogen-bond donors (Lipinski definition) is 1. The molecule has 0 saturated heterocycles. The summed E-state index contributed by atoms with van der Waals surface area (Å²) in [5, 5.41) is 11.8. The van der Waals surface area contributed by atoms with Crippen LogP contribution in [0.25, 0.3) is 10.1 Å². The first-order chi connectivity index (χ1) is 15.7. The predicted octanol–water partition coefficient (Wildman–Crippen LogP) is 6.82. The van der Waals surface area contributed by atoms with Gasteiger partial charge in [-0.15, -0.1) is 11.3 Å². The number of halogens is 4. The molecule has 0 atom stereocenters. The number of carboxylic acids is 1. The van der Waals surface area contributed by atoms with Crippen molar-refractivity contribution in [3.63, 3.8) is 0 Å². The van der Waals surface area contributed by atoms with Gasteiger partial charge in [0, 0.05) is 23.2 Å². The minimum Gasteiger partial charge on any atom is -0.489 e. The number of rotatable bonds is 7. The zero-order valence-corrected chi connectivity index (χ0v) is 18.3. The third kappa shape index (κ3) is 5.20. The molecule has 4 aromatic rings. The number of benzene rings is 2. The number of aromatic carboxylic acids is 1. The molecule has 4 rings (SSSR count). The van der Waals surface area contributed by atoms with Crippen molar-refractivity contribution in [1.82, 2.24) is 4.98 Å². The Morgan fingerprint density at radius 3 is 2.45 bits per heavy atom. The van der Waals surface area contributed by atoms with Crippen molar-refractivity contribution in [1.29, 1.82) is 0 Å². The van der Waals surface area contributed by atoms with E-state index in [1.165, 1.54) is 23.6 Å². The average molecular weight is 494 g/mol. The summed E-state index contributed by atoms with van der Waals surface area (Å²) in [6.45, 7) is 0.0728. The van der Waals surface area contributed by atoms with Crippen LogP contribution in [-0.2, 0) is 19.4 Å². The summed E-state index contributed by atoms with van der Waals surface area (Å²) in [5.41, 5.74) is 0.404. The van der Waals surface area contributed by atoms with Gasteiger partial charge >= 0.3 is 12.1 Å². The van der Waals surface area contributed by atoms with E-state index in [0.29, 0.717) is 32.7 Å². The Morgan fingerprint density at radius 1 is 1.06 bits per heavy atom. The number of carbonyl (C=O) groups is 1. The van der Waals surface area contributed by atoms with Crippen molar-refractivity contribution < 1.29 is 32.5 Å².